The minimum Gasteiger partial charge on any atom is -0.367 e. The van der Waals surface area contributed by atoms with Gasteiger partial charge in [-0.1, -0.05) is 35.9 Å². The molecule has 4 rings (SSSR count). The highest BCUT2D eigenvalue weighted by Crippen LogP contribution is 2.28. The summed E-state index contributed by atoms with van der Waals surface area (Å²) in [5, 5.41) is 3.78. The van der Waals surface area contributed by atoms with Gasteiger partial charge in [0, 0.05) is 39.0 Å². The summed E-state index contributed by atoms with van der Waals surface area (Å²) in [6.45, 7) is 2.76. The van der Waals surface area contributed by atoms with Crippen molar-refractivity contribution in [2.45, 2.75) is 24.2 Å². The van der Waals surface area contributed by atoms with E-state index in [1.54, 1.807) is 18.2 Å². The van der Waals surface area contributed by atoms with Crippen LogP contribution in [0.2, 0.25) is 5.02 Å². The molecule has 1 N–H and O–H groups in total. The lowest BCUT2D eigenvalue weighted by molar-refractivity contribution is -0.131. The number of carbonyl (C=O) groups is 1. The number of piperazine rings is 1. The second-order valence-corrected chi connectivity index (χ2v) is 9.29. The normalized spacial score (nSPS) is 17.7. The largest absolute Gasteiger partial charge is 0.367 e. The third-order valence-corrected chi connectivity index (χ3v) is 7.00. The number of nitrogens with zero attached hydrogens (tertiary/aromatic N) is 3. The molecule has 30 heavy (non-hydrogen) atoms. The standard InChI is InChI=1S/C21H23ClN4O3S/c22-16-6-1-3-8-18(16)25-12-14-26(15-13-25)21(27)11-5-10-20-23-17-7-2-4-9-19(17)30(28,29)24-20/h1-4,6-9H,5,10-15H2,(H,23,24). The molecule has 0 aliphatic carbocycles. The van der Waals surface area contributed by atoms with Crippen molar-refractivity contribution in [3.8, 4) is 0 Å². The zero-order chi connectivity index (χ0) is 21.1. The fraction of sp³-hybridized carbons (Fsp3) is 0.333. The molecular formula is C21H23ClN4O3S. The van der Waals surface area contributed by atoms with E-state index in [0.717, 1.165) is 23.8 Å². The molecule has 0 radical (unpaired) electrons. The van der Waals surface area contributed by atoms with Crippen LogP contribution in [-0.2, 0) is 14.8 Å². The molecule has 0 spiro atoms. The maximum atomic E-state index is 12.6. The van der Waals surface area contributed by atoms with E-state index in [0.29, 0.717) is 43.9 Å². The third kappa shape index (κ3) is 4.44. The van der Waals surface area contributed by atoms with Crippen LogP contribution in [0.15, 0.2) is 57.8 Å². The third-order valence-electron chi connectivity index (χ3n) is 5.30. The lowest BCUT2D eigenvalue weighted by Gasteiger charge is -2.36. The second kappa shape index (κ2) is 8.65. The number of anilines is 2. The summed E-state index contributed by atoms with van der Waals surface area (Å²) in [5.41, 5.74) is 1.53. The molecule has 1 amide bonds. The summed E-state index contributed by atoms with van der Waals surface area (Å²) in [7, 11) is -3.68. The molecule has 2 aromatic rings. The van der Waals surface area contributed by atoms with Gasteiger partial charge in [-0.3, -0.25) is 4.79 Å². The number of fused-ring (bicyclic) bond motifs is 1. The van der Waals surface area contributed by atoms with Gasteiger partial charge in [-0.25, -0.2) is 0 Å². The molecule has 9 heteroatoms. The lowest BCUT2D eigenvalue weighted by atomic mass is 10.1. The quantitative estimate of drug-likeness (QED) is 0.761. The van der Waals surface area contributed by atoms with E-state index in [1.807, 2.05) is 29.2 Å². The zero-order valence-electron chi connectivity index (χ0n) is 16.4. The minimum atomic E-state index is -3.68. The number of amidine groups is 1. The van der Waals surface area contributed by atoms with Gasteiger partial charge in [-0.15, -0.1) is 4.40 Å². The maximum absolute atomic E-state index is 12.6. The van der Waals surface area contributed by atoms with Crippen molar-refractivity contribution in [1.29, 1.82) is 0 Å². The summed E-state index contributed by atoms with van der Waals surface area (Å²) < 4.78 is 28.4. The molecule has 1 fully saturated rings. The second-order valence-electron chi connectivity index (χ2n) is 7.31. The van der Waals surface area contributed by atoms with E-state index in [2.05, 4.69) is 14.6 Å². The van der Waals surface area contributed by atoms with Gasteiger partial charge in [0.05, 0.1) is 16.4 Å². The highest BCUT2D eigenvalue weighted by atomic mass is 35.5. The minimum absolute atomic E-state index is 0.0773. The fourth-order valence-electron chi connectivity index (χ4n) is 3.75. The molecule has 2 aliphatic heterocycles. The van der Waals surface area contributed by atoms with Crippen LogP contribution in [0.25, 0.3) is 0 Å². The van der Waals surface area contributed by atoms with E-state index < -0.39 is 10.0 Å². The molecule has 0 bridgehead atoms. The van der Waals surface area contributed by atoms with Crippen molar-refractivity contribution in [3.05, 3.63) is 53.6 Å². The summed E-state index contributed by atoms with van der Waals surface area (Å²) in [6.07, 6.45) is 1.29. The average molecular weight is 447 g/mol. The van der Waals surface area contributed by atoms with Crippen LogP contribution in [0.5, 0.6) is 0 Å². The van der Waals surface area contributed by atoms with Crippen molar-refractivity contribution >= 4 is 44.7 Å². The maximum Gasteiger partial charge on any atom is 0.286 e. The Morgan fingerprint density at radius 1 is 1.03 bits per heavy atom. The van der Waals surface area contributed by atoms with Gasteiger partial charge in [0.1, 0.15) is 10.7 Å². The van der Waals surface area contributed by atoms with Crippen LogP contribution in [0.1, 0.15) is 19.3 Å². The highest BCUT2D eigenvalue weighted by Gasteiger charge is 2.25. The Labute approximate surface area is 181 Å². The van der Waals surface area contributed by atoms with E-state index in [1.165, 1.54) is 6.07 Å². The lowest BCUT2D eigenvalue weighted by Crippen LogP contribution is -2.48. The van der Waals surface area contributed by atoms with Crippen molar-refractivity contribution in [1.82, 2.24) is 4.90 Å². The number of para-hydroxylation sites is 2. The Balaban J connectivity index is 1.27. The predicted octanol–water partition coefficient (Wildman–Crippen LogP) is 3.37. The van der Waals surface area contributed by atoms with Crippen LogP contribution in [-0.4, -0.2) is 51.2 Å². The van der Waals surface area contributed by atoms with Crippen LogP contribution < -0.4 is 10.2 Å². The van der Waals surface area contributed by atoms with Crippen LogP contribution in [0.3, 0.4) is 0 Å². The Morgan fingerprint density at radius 2 is 1.73 bits per heavy atom. The van der Waals surface area contributed by atoms with Crippen molar-refractivity contribution in [3.63, 3.8) is 0 Å². The van der Waals surface area contributed by atoms with Gasteiger partial charge in [0.2, 0.25) is 5.91 Å². The summed E-state index contributed by atoms with van der Waals surface area (Å²) in [4.78, 5) is 16.8. The van der Waals surface area contributed by atoms with Crippen molar-refractivity contribution < 1.29 is 13.2 Å². The first-order chi connectivity index (χ1) is 14.4. The van der Waals surface area contributed by atoms with Gasteiger partial charge in [-0.05, 0) is 30.7 Å². The van der Waals surface area contributed by atoms with Crippen LogP contribution >= 0.6 is 11.6 Å². The van der Waals surface area contributed by atoms with Gasteiger partial charge in [0.15, 0.2) is 0 Å². The van der Waals surface area contributed by atoms with Gasteiger partial charge in [0.25, 0.3) is 10.0 Å². The molecular weight excluding hydrogens is 424 g/mol. The number of hydrogen-bond donors (Lipinski definition) is 1. The number of hydrogen-bond acceptors (Lipinski definition) is 5. The Morgan fingerprint density at radius 3 is 2.50 bits per heavy atom. The Bertz CT molecular complexity index is 1080. The molecule has 158 valence electrons. The molecule has 1 saturated heterocycles. The number of amides is 1. The Hall–Kier alpha value is -2.58. The molecule has 7 nitrogen and oxygen atoms in total. The molecule has 2 aliphatic rings. The van der Waals surface area contributed by atoms with Crippen LogP contribution in [0, 0.1) is 0 Å². The van der Waals surface area contributed by atoms with Gasteiger partial charge < -0.3 is 15.1 Å². The summed E-state index contributed by atoms with van der Waals surface area (Å²) >= 11 is 6.27. The first kappa shape index (κ1) is 20.7. The zero-order valence-corrected chi connectivity index (χ0v) is 18.0. The van der Waals surface area contributed by atoms with Gasteiger partial charge in [-0.2, -0.15) is 8.42 Å². The molecule has 2 aromatic carbocycles. The molecule has 0 atom stereocenters. The fourth-order valence-corrected chi connectivity index (χ4v) is 5.17. The molecule has 0 saturated carbocycles. The Kier molecular flexibility index (Phi) is 5.97. The molecule has 0 aromatic heterocycles. The molecule has 2 heterocycles. The topological polar surface area (TPSA) is 82.1 Å². The van der Waals surface area contributed by atoms with Crippen LogP contribution in [0.4, 0.5) is 11.4 Å². The number of sulfonamides is 1. The SMILES string of the molecule is O=C(CCCC1=NS(=O)(=O)c2ccccc2N1)N1CCN(c2ccccc2Cl)CC1. The summed E-state index contributed by atoms with van der Waals surface area (Å²) in [5.74, 6) is 0.457. The highest BCUT2D eigenvalue weighted by molar-refractivity contribution is 7.90. The predicted molar refractivity (Wildman–Crippen MR) is 119 cm³/mol. The number of rotatable bonds is 5. The number of halogens is 1. The molecule has 0 unspecified atom stereocenters. The first-order valence-corrected chi connectivity index (χ1v) is 11.7. The first-order valence-electron chi connectivity index (χ1n) is 9.91. The number of benzene rings is 2. The van der Waals surface area contributed by atoms with E-state index >= 15 is 0 Å². The monoisotopic (exact) mass is 446 g/mol. The van der Waals surface area contributed by atoms with Crippen molar-refractivity contribution in [2.24, 2.45) is 4.40 Å². The van der Waals surface area contributed by atoms with E-state index in [-0.39, 0.29) is 10.8 Å². The van der Waals surface area contributed by atoms with E-state index in [9.17, 15) is 13.2 Å². The van der Waals surface area contributed by atoms with E-state index in [4.69, 9.17) is 11.6 Å². The average Bonchev–Trinajstić information content (AvgIpc) is 2.74. The smallest absolute Gasteiger partial charge is 0.286 e. The van der Waals surface area contributed by atoms with Gasteiger partial charge >= 0.3 is 0 Å². The number of nitrogens with one attached hydrogen (secondary N) is 1. The number of carbonyl (C=O) groups excluding carboxylic acids is 1. The van der Waals surface area contributed by atoms with Crippen molar-refractivity contribution in [2.75, 3.05) is 36.4 Å². The summed E-state index contributed by atoms with van der Waals surface area (Å²) in [6, 6.07) is 14.4.